The van der Waals surface area contributed by atoms with Gasteiger partial charge in [-0.25, -0.2) is 21.6 Å². The van der Waals surface area contributed by atoms with Crippen molar-refractivity contribution in [2.45, 2.75) is 46.4 Å². The van der Waals surface area contributed by atoms with Crippen LogP contribution < -0.4 is 4.72 Å². The molecule has 5 nitrogen and oxygen atoms in total. The van der Waals surface area contributed by atoms with Gasteiger partial charge in [-0.3, -0.25) is 0 Å². The van der Waals surface area contributed by atoms with E-state index in [1.807, 2.05) is 37.3 Å². The molecule has 0 amide bonds. The van der Waals surface area contributed by atoms with E-state index in [1.54, 1.807) is 24.3 Å². The molecule has 0 spiro atoms. The number of nitrogens with one attached hydrogen (secondary N) is 1. The van der Waals surface area contributed by atoms with E-state index in [0.29, 0.717) is 12.0 Å². The van der Waals surface area contributed by atoms with E-state index in [0.717, 1.165) is 12.0 Å². The van der Waals surface area contributed by atoms with Crippen LogP contribution in [0.25, 0.3) is 0 Å². The number of sulfone groups is 1. The lowest BCUT2D eigenvalue weighted by Gasteiger charge is -2.13. The quantitative estimate of drug-likeness (QED) is 0.603. The van der Waals surface area contributed by atoms with Gasteiger partial charge in [-0.2, -0.15) is 0 Å². The molecule has 0 aromatic heterocycles. The fraction of sp³-hybridized carbons (Fsp3) is 0.217. The summed E-state index contributed by atoms with van der Waals surface area (Å²) < 4.78 is 55.0. The second-order valence-electron chi connectivity index (χ2n) is 7.42. The van der Waals surface area contributed by atoms with E-state index in [1.165, 1.54) is 24.3 Å². The maximum Gasteiger partial charge on any atom is 0.241 e. The Balaban J connectivity index is 1.65. The maximum absolute atomic E-state index is 13.1. The third-order valence-corrected chi connectivity index (χ3v) is 8.74. The van der Waals surface area contributed by atoms with Crippen LogP contribution in [0.1, 0.15) is 30.4 Å². The summed E-state index contributed by atoms with van der Waals surface area (Å²) in [7, 11) is -7.67. The molecule has 3 aromatic carbocycles. The summed E-state index contributed by atoms with van der Waals surface area (Å²) in [4.78, 5) is 0.138. The van der Waals surface area contributed by atoms with Gasteiger partial charge in [0.15, 0.2) is 0 Å². The second-order valence-corrected chi connectivity index (χ2v) is 11.1. The molecule has 2 atom stereocenters. The van der Waals surface area contributed by atoms with Gasteiger partial charge in [-0.1, -0.05) is 61.5 Å². The molecule has 0 radical (unpaired) electrons. The lowest BCUT2D eigenvalue weighted by atomic mass is 10.1. The van der Waals surface area contributed by atoms with Crippen LogP contribution in [-0.4, -0.2) is 22.9 Å². The Labute approximate surface area is 177 Å². The smallest absolute Gasteiger partial charge is 0.219 e. The molecule has 0 saturated heterocycles. The van der Waals surface area contributed by atoms with Crippen LogP contribution in [0.2, 0.25) is 0 Å². The highest BCUT2D eigenvalue weighted by Crippen LogP contribution is 2.41. The van der Waals surface area contributed by atoms with Gasteiger partial charge in [0, 0.05) is 12.0 Å². The number of benzene rings is 3. The van der Waals surface area contributed by atoms with Gasteiger partial charge < -0.3 is 0 Å². The Morgan fingerprint density at radius 1 is 0.833 bits per heavy atom. The minimum Gasteiger partial charge on any atom is -0.219 e. The summed E-state index contributed by atoms with van der Waals surface area (Å²) in [6, 6.07) is 22.0. The van der Waals surface area contributed by atoms with Crippen molar-refractivity contribution in [3.8, 4) is 0 Å². The van der Waals surface area contributed by atoms with Gasteiger partial charge in [0.25, 0.3) is 0 Å². The summed E-state index contributed by atoms with van der Waals surface area (Å²) in [5, 5.41) is 0. The van der Waals surface area contributed by atoms with Crippen molar-refractivity contribution in [2.75, 3.05) is 0 Å². The van der Waals surface area contributed by atoms with Crippen LogP contribution in [0.3, 0.4) is 0 Å². The van der Waals surface area contributed by atoms with E-state index >= 15 is 0 Å². The minimum atomic E-state index is -3.86. The van der Waals surface area contributed by atoms with Gasteiger partial charge >= 0.3 is 0 Å². The topological polar surface area (TPSA) is 80.3 Å². The van der Waals surface area contributed by atoms with E-state index in [-0.39, 0.29) is 26.6 Å². The average Bonchev–Trinajstić information content (AvgIpc) is 3.52. The molecule has 156 valence electrons. The largest absolute Gasteiger partial charge is 0.241 e. The van der Waals surface area contributed by atoms with Crippen LogP contribution in [0.15, 0.2) is 93.5 Å². The number of hydrogen-bond donors (Lipinski definition) is 1. The van der Waals surface area contributed by atoms with Gasteiger partial charge in [0.2, 0.25) is 19.9 Å². The zero-order valence-corrected chi connectivity index (χ0v) is 18.2. The van der Waals surface area contributed by atoms with E-state index in [4.69, 9.17) is 0 Å². The average molecular weight is 442 g/mol. The zero-order valence-electron chi connectivity index (χ0n) is 16.5. The Morgan fingerprint density at radius 2 is 1.47 bits per heavy atom. The molecule has 30 heavy (non-hydrogen) atoms. The molecule has 1 fully saturated rings. The Morgan fingerprint density at radius 3 is 2.10 bits per heavy atom. The molecule has 0 heterocycles. The SMILES string of the molecule is CCc1ccc(S(=O)(=O)c2ccccc2)cc1S(=O)(=O)N[C@H]1C[C@@H]1c1ccccc1. The molecular formula is C23H23NO4S2. The molecular weight excluding hydrogens is 418 g/mol. The predicted octanol–water partition coefficient (Wildman–Crippen LogP) is 3.92. The van der Waals surface area contributed by atoms with Crippen LogP contribution in [0.4, 0.5) is 0 Å². The van der Waals surface area contributed by atoms with Crippen LogP contribution >= 0.6 is 0 Å². The summed E-state index contributed by atoms with van der Waals surface area (Å²) in [6.07, 6.45) is 1.21. The molecule has 1 N–H and O–H groups in total. The standard InChI is InChI=1S/C23H23NO4S2/c1-2-17-13-14-20(29(25,26)19-11-7-4-8-12-19)15-23(17)30(27,28)24-22-16-21(22)18-9-5-3-6-10-18/h3-15,21-22,24H,2,16H2,1H3/t21-,22+/m1/s1. The van der Waals surface area contributed by atoms with Crippen LogP contribution in [0, 0.1) is 0 Å². The molecule has 1 aliphatic carbocycles. The number of hydrogen-bond acceptors (Lipinski definition) is 4. The lowest BCUT2D eigenvalue weighted by molar-refractivity contribution is 0.578. The molecule has 0 bridgehead atoms. The summed E-state index contributed by atoms with van der Waals surface area (Å²) in [6.45, 7) is 1.85. The van der Waals surface area contributed by atoms with Gasteiger partial charge in [0.05, 0.1) is 14.7 Å². The molecule has 0 unspecified atom stereocenters. The number of aryl methyl sites for hydroxylation is 1. The second kappa shape index (κ2) is 7.98. The highest BCUT2D eigenvalue weighted by atomic mass is 32.2. The first kappa shape index (κ1) is 20.8. The van der Waals surface area contributed by atoms with Crippen molar-refractivity contribution in [3.63, 3.8) is 0 Å². The first-order valence-corrected chi connectivity index (χ1v) is 12.8. The minimum absolute atomic E-state index is 0.0262. The van der Waals surface area contributed by atoms with Crippen molar-refractivity contribution >= 4 is 19.9 Å². The molecule has 4 rings (SSSR count). The normalized spacial score (nSPS) is 18.8. The summed E-state index contributed by atoms with van der Waals surface area (Å²) in [5.41, 5.74) is 1.69. The van der Waals surface area contributed by atoms with Crippen molar-refractivity contribution in [1.82, 2.24) is 4.72 Å². The Kier molecular flexibility index (Phi) is 5.53. The molecule has 3 aromatic rings. The van der Waals surface area contributed by atoms with Crippen molar-refractivity contribution < 1.29 is 16.8 Å². The van der Waals surface area contributed by atoms with E-state index in [2.05, 4.69) is 4.72 Å². The fourth-order valence-corrected chi connectivity index (χ4v) is 6.64. The highest BCUT2D eigenvalue weighted by Gasteiger charge is 2.41. The summed E-state index contributed by atoms with van der Waals surface area (Å²) in [5.74, 6) is 0.141. The van der Waals surface area contributed by atoms with Gasteiger partial charge in [-0.15, -0.1) is 0 Å². The van der Waals surface area contributed by atoms with Crippen LogP contribution in [0.5, 0.6) is 0 Å². The molecule has 7 heteroatoms. The predicted molar refractivity (Wildman–Crippen MR) is 116 cm³/mol. The maximum atomic E-state index is 13.1. The summed E-state index contributed by atoms with van der Waals surface area (Å²) >= 11 is 0. The fourth-order valence-electron chi connectivity index (χ4n) is 3.64. The lowest BCUT2D eigenvalue weighted by Crippen LogP contribution is -2.28. The molecule has 1 saturated carbocycles. The Hall–Kier alpha value is -2.48. The van der Waals surface area contributed by atoms with Crippen molar-refractivity contribution in [2.24, 2.45) is 0 Å². The van der Waals surface area contributed by atoms with Gasteiger partial charge in [0.1, 0.15) is 0 Å². The van der Waals surface area contributed by atoms with Gasteiger partial charge in [-0.05, 0) is 48.2 Å². The highest BCUT2D eigenvalue weighted by molar-refractivity contribution is 7.91. The van der Waals surface area contributed by atoms with E-state index < -0.39 is 19.9 Å². The third kappa shape index (κ3) is 4.05. The van der Waals surface area contributed by atoms with Crippen molar-refractivity contribution in [1.29, 1.82) is 0 Å². The monoisotopic (exact) mass is 441 g/mol. The first-order chi connectivity index (χ1) is 14.3. The third-order valence-electron chi connectivity index (χ3n) is 5.40. The molecule has 0 aliphatic heterocycles. The van der Waals surface area contributed by atoms with Crippen molar-refractivity contribution in [3.05, 3.63) is 90.0 Å². The van der Waals surface area contributed by atoms with Crippen LogP contribution in [-0.2, 0) is 26.3 Å². The first-order valence-electron chi connectivity index (χ1n) is 9.83. The van der Waals surface area contributed by atoms with E-state index in [9.17, 15) is 16.8 Å². The number of rotatable bonds is 7. The Bertz CT molecular complexity index is 1260. The molecule has 1 aliphatic rings. The number of sulfonamides is 1. The zero-order chi connectivity index (χ0) is 21.4.